The fraction of sp³-hybridized carbons (Fsp3) is 0.394. The van der Waals surface area contributed by atoms with E-state index in [1.54, 1.807) is 4.90 Å². The van der Waals surface area contributed by atoms with Gasteiger partial charge in [-0.25, -0.2) is 17.2 Å². The molecule has 1 atom stereocenters. The third-order valence-electron chi connectivity index (χ3n) is 7.75. The number of rotatable bonds is 13. The standard InChI is InChI=1S/C33H39F2N3O4S/c1-24-10-8-13-26(20-24)23-37(31(21-25-11-4-3-5-12-25)33(40)36-27-14-6-7-15-27)32(39)16-9-19-38(43(2,41)42)28-17-18-29(34)30(35)22-28/h3-5,8,10-13,17-18,20,22,27,31H,6-7,9,14-16,19,21,23H2,1-2H3,(H,36,40)/t31-/m0/s1. The summed E-state index contributed by atoms with van der Waals surface area (Å²) in [6, 6.07) is 19.5. The lowest BCUT2D eigenvalue weighted by atomic mass is 10.0. The molecule has 3 aromatic rings. The van der Waals surface area contributed by atoms with Crippen LogP contribution in [-0.2, 0) is 32.6 Å². The third kappa shape index (κ3) is 9.10. The highest BCUT2D eigenvalue weighted by Gasteiger charge is 2.32. The average Bonchev–Trinajstić information content (AvgIpc) is 3.47. The first-order chi connectivity index (χ1) is 20.5. The molecule has 7 nitrogen and oxygen atoms in total. The summed E-state index contributed by atoms with van der Waals surface area (Å²) < 4.78 is 53.5. The highest BCUT2D eigenvalue weighted by atomic mass is 32.2. The van der Waals surface area contributed by atoms with Crippen LogP contribution in [-0.4, -0.2) is 50.0 Å². The molecule has 4 rings (SSSR count). The predicted octanol–water partition coefficient (Wildman–Crippen LogP) is 5.52. The maximum atomic E-state index is 13.9. The molecule has 0 unspecified atom stereocenters. The lowest BCUT2D eigenvalue weighted by Crippen LogP contribution is -2.52. The number of sulfonamides is 1. The molecule has 0 radical (unpaired) electrons. The van der Waals surface area contributed by atoms with Crippen LogP contribution in [0.15, 0.2) is 72.8 Å². The number of benzene rings is 3. The van der Waals surface area contributed by atoms with Gasteiger partial charge in [0.1, 0.15) is 6.04 Å². The van der Waals surface area contributed by atoms with E-state index >= 15 is 0 Å². The van der Waals surface area contributed by atoms with Crippen LogP contribution in [0.2, 0.25) is 0 Å². The van der Waals surface area contributed by atoms with E-state index in [9.17, 15) is 26.8 Å². The summed E-state index contributed by atoms with van der Waals surface area (Å²) in [7, 11) is -3.85. The SMILES string of the molecule is Cc1cccc(CN(C(=O)CCCN(c2ccc(F)c(F)c2)S(C)(=O)=O)[C@@H](Cc2ccccc2)C(=O)NC2CCCC2)c1. The van der Waals surface area contributed by atoms with Crippen molar-refractivity contribution in [2.45, 2.75) is 70.5 Å². The number of carbonyl (C=O) groups excluding carboxylic acids is 2. The Morgan fingerprint density at radius 2 is 1.63 bits per heavy atom. The van der Waals surface area contributed by atoms with Crippen molar-refractivity contribution < 1.29 is 26.8 Å². The van der Waals surface area contributed by atoms with Gasteiger partial charge in [0.05, 0.1) is 11.9 Å². The summed E-state index contributed by atoms with van der Waals surface area (Å²) in [6.07, 6.45) is 5.26. The molecule has 10 heteroatoms. The van der Waals surface area contributed by atoms with Crippen LogP contribution in [0.3, 0.4) is 0 Å². The zero-order chi connectivity index (χ0) is 31.0. The maximum Gasteiger partial charge on any atom is 0.243 e. The number of hydrogen-bond donors (Lipinski definition) is 1. The molecule has 230 valence electrons. The Morgan fingerprint density at radius 3 is 2.28 bits per heavy atom. The molecule has 1 aliphatic carbocycles. The number of nitrogens with one attached hydrogen (secondary N) is 1. The molecule has 1 N–H and O–H groups in total. The molecule has 0 aliphatic heterocycles. The Morgan fingerprint density at radius 1 is 0.930 bits per heavy atom. The molecule has 0 spiro atoms. The Bertz CT molecular complexity index is 1510. The molecule has 3 aromatic carbocycles. The number of nitrogens with zero attached hydrogens (tertiary/aromatic N) is 2. The molecule has 43 heavy (non-hydrogen) atoms. The fourth-order valence-corrected chi connectivity index (χ4v) is 6.53. The quantitative estimate of drug-likeness (QED) is 0.276. The van der Waals surface area contributed by atoms with E-state index in [-0.39, 0.29) is 49.5 Å². The highest BCUT2D eigenvalue weighted by Crippen LogP contribution is 2.23. The Labute approximate surface area is 252 Å². The van der Waals surface area contributed by atoms with E-state index in [1.807, 2.05) is 61.5 Å². The van der Waals surface area contributed by atoms with Crippen molar-refractivity contribution in [3.8, 4) is 0 Å². The van der Waals surface area contributed by atoms with E-state index < -0.39 is 27.7 Å². The van der Waals surface area contributed by atoms with Crippen molar-refractivity contribution in [1.29, 1.82) is 0 Å². The van der Waals surface area contributed by atoms with E-state index in [2.05, 4.69) is 5.32 Å². The van der Waals surface area contributed by atoms with Crippen LogP contribution in [0.4, 0.5) is 14.5 Å². The van der Waals surface area contributed by atoms with Crippen molar-refractivity contribution in [3.63, 3.8) is 0 Å². The van der Waals surface area contributed by atoms with Crippen LogP contribution in [0.1, 0.15) is 55.2 Å². The first-order valence-corrected chi connectivity index (χ1v) is 16.5. The number of amides is 2. The second kappa shape index (κ2) is 14.6. The minimum atomic E-state index is -3.85. The van der Waals surface area contributed by atoms with Crippen molar-refractivity contribution >= 4 is 27.5 Å². The summed E-state index contributed by atoms with van der Waals surface area (Å²) in [6.45, 7) is 2.04. The molecule has 1 aliphatic rings. The lowest BCUT2D eigenvalue weighted by molar-refractivity contribution is -0.141. The summed E-state index contributed by atoms with van der Waals surface area (Å²) in [5, 5.41) is 3.17. The molecule has 0 aromatic heterocycles. The van der Waals surface area contributed by atoms with Crippen LogP contribution in [0.5, 0.6) is 0 Å². The van der Waals surface area contributed by atoms with Gasteiger partial charge in [-0.3, -0.25) is 13.9 Å². The van der Waals surface area contributed by atoms with Gasteiger partial charge < -0.3 is 10.2 Å². The van der Waals surface area contributed by atoms with Gasteiger partial charge in [-0.15, -0.1) is 0 Å². The van der Waals surface area contributed by atoms with Gasteiger partial charge in [0.25, 0.3) is 0 Å². The predicted molar refractivity (Wildman–Crippen MR) is 164 cm³/mol. The van der Waals surface area contributed by atoms with E-state index in [1.165, 1.54) is 6.07 Å². The van der Waals surface area contributed by atoms with Gasteiger partial charge in [-0.1, -0.05) is 73.0 Å². The summed E-state index contributed by atoms with van der Waals surface area (Å²) in [4.78, 5) is 29.3. The molecule has 0 saturated heterocycles. The van der Waals surface area contributed by atoms with Gasteiger partial charge in [0, 0.05) is 38.0 Å². The molecule has 2 amide bonds. The van der Waals surface area contributed by atoms with Crippen molar-refractivity contribution in [2.75, 3.05) is 17.1 Å². The van der Waals surface area contributed by atoms with E-state index in [0.717, 1.165) is 65.1 Å². The van der Waals surface area contributed by atoms with Crippen molar-refractivity contribution in [2.24, 2.45) is 0 Å². The zero-order valence-electron chi connectivity index (χ0n) is 24.6. The Balaban J connectivity index is 1.59. The molecule has 1 fully saturated rings. The van der Waals surface area contributed by atoms with Crippen LogP contribution < -0.4 is 9.62 Å². The third-order valence-corrected chi connectivity index (χ3v) is 8.95. The molecular weight excluding hydrogens is 572 g/mol. The van der Waals surface area contributed by atoms with Gasteiger partial charge in [0.15, 0.2) is 11.6 Å². The normalized spacial score (nSPS) is 14.3. The molecular formula is C33H39F2N3O4S. The number of hydrogen-bond acceptors (Lipinski definition) is 4. The minimum absolute atomic E-state index is 0.0247. The molecule has 0 heterocycles. The largest absolute Gasteiger partial charge is 0.352 e. The Hall–Kier alpha value is -3.79. The number of anilines is 1. The maximum absolute atomic E-state index is 13.9. The monoisotopic (exact) mass is 611 g/mol. The van der Waals surface area contributed by atoms with Crippen molar-refractivity contribution in [3.05, 3.63) is 101 Å². The Kier molecular flexibility index (Phi) is 10.9. The number of aryl methyl sites for hydroxylation is 1. The van der Waals surface area contributed by atoms with Gasteiger partial charge >= 0.3 is 0 Å². The van der Waals surface area contributed by atoms with Crippen LogP contribution in [0.25, 0.3) is 0 Å². The van der Waals surface area contributed by atoms with Crippen molar-refractivity contribution in [1.82, 2.24) is 10.2 Å². The first kappa shape index (κ1) is 32.1. The lowest BCUT2D eigenvalue weighted by Gasteiger charge is -2.33. The zero-order valence-corrected chi connectivity index (χ0v) is 25.5. The second-order valence-corrected chi connectivity index (χ2v) is 13.2. The second-order valence-electron chi connectivity index (χ2n) is 11.2. The number of carbonyl (C=O) groups is 2. The van der Waals surface area contributed by atoms with Gasteiger partial charge in [-0.2, -0.15) is 0 Å². The van der Waals surface area contributed by atoms with E-state index in [4.69, 9.17) is 0 Å². The molecule has 0 bridgehead atoms. The van der Waals surface area contributed by atoms with Crippen LogP contribution >= 0.6 is 0 Å². The highest BCUT2D eigenvalue weighted by molar-refractivity contribution is 7.92. The summed E-state index contributed by atoms with van der Waals surface area (Å²) in [5.74, 6) is -2.76. The van der Waals surface area contributed by atoms with E-state index in [0.29, 0.717) is 6.42 Å². The molecule has 1 saturated carbocycles. The van der Waals surface area contributed by atoms with Gasteiger partial charge in [0.2, 0.25) is 21.8 Å². The van der Waals surface area contributed by atoms with Gasteiger partial charge in [-0.05, 0) is 49.4 Å². The minimum Gasteiger partial charge on any atom is -0.352 e. The first-order valence-electron chi connectivity index (χ1n) is 14.6. The smallest absolute Gasteiger partial charge is 0.243 e. The van der Waals surface area contributed by atoms with Crippen LogP contribution in [0, 0.1) is 18.6 Å². The summed E-state index contributed by atoms with van der Waals surface area (Å²) in [5.41, 5.74) is 2.79. The topological polar surface area (TPSA) is 86.8 Å². The number of halogens is 2. The summed E-state index contributed by atoms with van der Waals surface area (Å²) >= 11 is 0. The fourth-order valence-electron chi connectivity index (χ4n) is 5.57. The average molecular weight is 612 g/mol.